The Kier molecular flexibility index (Phi) is 6.95. The van der Waals surface area contributed by atoms with Gasteiger partial charge in [0.15, 0.2) is 0 Å². The van der Waals surface area contributed by atoms with Crippen molar-refractivity contribution in [1.82, 2.24) is 5.32 Å². The van der Waals surface area contributed by atoms with Gasteiger partial charge in [-0.1, -0.05) is 13.8 Å². The van der Waals surface area contributed by atoms with Gasteiger partial charge in [0, 0.05) is 12.3 Å². The van der Waals surface area contributed by atoms with E-state index in [1.807, 2.05) is 19.9 Å². The zero-order valence-corrected chi connectivity index (χ0v) is 10.8. The molecule has 0 rings (SSSR count). The zero-order chi connectivity index (χ0) is 13.4. The van der Waals surface area contributed by atoms with Gasteiger partial charge < -0.3 is 10.1 Å². The minimum Gasteiger partial charge on any atom is -0.467 e. The van der Waals surface area contributed by atoms with E-state index in [2.05, 4.69) is 10.1 Å². The molecule has 96 valence electrons. The number of nitrogens with one attached hydrogen (secondary N) is 1. The van der Waals surface area contributed by atoms with Crippen molar-refractivity contribution in [3.63, 3.8) is 0 Å². The van der Waals surface area contributed by atoms with Crippen molar-refractivity contribution in [3.8, 4) is 6.07 Å². The van der Waals surface area contributed by atoms with Crippen LogP contribution in [-0.4, -0.2) is 25.0 Å². The number of ether oxygens (including phenoxy) is 1. The summed E-state index contributed by atoms with van der Waals surface area (Å²) in [4.78, 5) is 23.0. The fraction of sp³-hybridized carbons (Fsp3) is 0.750. The number of amides is 1. The molecule has 1 amide bonds. The maximum Gasteiger partial charge on any atom is 0.328 e. The lowest BCUT2D eigenvalue weighted by atomic mass is 10.0. The van der Waals surface area contributed by atoms with Gasteiger partial charge in [0.2, 0.25) is 5.91 Å². The Morgan fingerprint density at radius 3 is 2.35 bits per heavy atom. The quantitative estimate of drug-likeness (QED) is 0.708. The van der Waals surface area contributed by atoms with Gasteiger partial charge in [-0.05, 0) is 19.3 Å². The van der Waals surface area contributed by atoms with Crippen LogP contribution in [0.1, 0.15) is 33.6 Å². The van der Waals surface area contributed by atoms with E-state index in [1.54, 1.807) is 6.92 Å². The number of hydrogen-bond acceptors (Lipinski definition) is 4. The lowest BCUT2D eigenvalue weighted by Crippen LogP contribution is -2.42. The molecule has 1 N–H and O–H groups in total. The van der Waals surface area contributed by atoms with Crippen LogP contribution in [0.5, 0.6) is 0 Å². The van der Waals surface area contributed by atoms with Crippen LogP contribution in [0.2, 0.25) is 0 Å². The van der Waals surface area contributed by atoms with Gasteiger partial charge >= 0.3 is 5.97 Å². The van der Waals surface area contributed by atoms with Crippen LogP contribution >= 0.6 is 0 Å². The van der Waals surface area contributed by atoms with Gasteiger partial charge in [-0.3, -0.25) is 4.79 Å². The first-order valence-corrected chi connectivity index (χ1v) is 5.67. The molecular formula is C12H20N2O3. The van der Waals surface area contributed by atoms with Crippen LogP contribution in [-0.2, 0) is 14.3 Å². The average Bonchev–Trinajstić information content (AvgIpc) is 2.25. The molecule has 0 radical (unpaired) electrons. The molecule has 0 aliphatic rings. The molecule has 0 aliphatic carbocycles. The fourth-order valence-electron chi connectivity index (χ4n) is 1.39. The van der Waals surface area contributed by atoms with Crippen molar-refractivity contribution in [1.29, 1.82) is 5.26 Å². The maximum atomic E-state index is 11.6. The molecule has 0 bridgehead atoms. The highest BCUT2D eigenvalue weighted by atomic mass is 16.5. The van der Waals surface area contributed by atoms with Crippen LogP contribution in [0, 0.1) is 23.2 Å². The molecule has 0 heterocycles. The van der Waals surface area contributed by atoms with Crippen molar-refractivity contribution >= 4 is 11.9 Å². The van der Waals surface area contributed by atoms with Gasteiger partial charge in [-0.2, -0.15) is 5.26 Å². The lowest BCUT2D eigenvalue weighted by molar-refractivity contribution is -0.145. The molecule has 0 spiro atoms. The zero-order valence-electron chi connectivity index (χ0n) is 10.8. The minimum absolute atomic E-state index is 0.194. The molecule has 0 fully saturated rings. The Bertz CT molecular complexity index is 307. The largest absolute Gasteiger partial charge is 0.467 e. The highest BCUT2D eigenvalue weighted by Crippen LogP contribution is 2.07. The molecule has 0 aromatic carbocycles. The van der Waals surface area contributed by atoms with E-state index in [9.17, 15) is 9.59 Å². The standard InChI is InChI=1S/C12H20N2O3/c1-8(2)5-11(15)14-10(12(16)17-4)6-9(3)7-13/h8-10H,5-6H2,1-4H3,(H,14,15)/t9-,10-/m0/s1. The normalized spacial score (nSPS) is 13.6. The molecule has 0 saturated heterocycles. The molecular weight excluding hydrogens is 220 g/mol. The van der Waals surface area contributed by atoms with Crippen LogP contribution in [0.3, 0.4) is 0 Å². The van der Waals surface area contributed by atoms with E-state index in [0.29, 0.717) is 6.42 Å². The number of esters is 1. The topological polar surface area (TPSA) is 79.2 Å². The number of rotatable bonds is 6. The molecule has 2 atom stereocenters. The van der Waals surface area contributed by atoms with Crippen LogP contribution in [0.25, 0.3) is 0 Å². The summed E-state index contributed by atoms with van der Waals surface area (Å²) >= 11 is 0. The first-order chi connectivity index (χ1) is 7.90. The highest BCUT2D eigenvalue weighted by molar-refractivity contribution is 5.84. The third-order valence-corrected chi connectivity index (χ3v) is 2.22. The summed E-state index contributed by atoms with van der Waals surface area (Å²) in [5, 5.41) is 11.3. The van der Waals surface area contributed by atoms with E-state index in [1.165, 1.54) is 7.11 Å². The summed E-state index contributed by atoms with van der Waals surface area (Å²) in [7, 11) is 1.26. The summed E-state index contributed by atoms with van der Waals surface area (Å²) < 4.78 is 4.60. The summed E-state index contributed by atoms with van der Waals surface area (Å²) in [5.41, 5.74) is 0. The molecule has 0 aliphatic heterocycles. The maximum absolute atomic E-state index is 11.6. The first kappa shape index (κ1) is 15.4. The third kappa shape index (κ3) is 6.56. The molecule has 0 aromatic heterocycles. The highest BCUT2D eigenvalue weighted by Gasteiger charge is 2.23. The van der Waals surface area contributed by atoms with Gasteiger partial charge in [-0.25, -0.2) is 4.79 Å². The van der Waals surface area contributed by atoms with E-state index >= 15 is 0 Å². The molecule has 17 heavy (non-hydrogen) atoms. The molecule has 5 heteroatoms. The van der Waals surface area contributed by atoms with Gasteiger partial charge in [-0.15, -0.1) is 0 Å². The van der Waals surface area contributed by atoms with Crippen molar-refractivity contribution in [3.05, 3.63) is 0 Å². The lowest BCUT2D eigenvalue weighted by Gasteiger charge is -2.17. The Hall–Kier alpha value is -1.57. The number of nitrogens with zero attached hydrogens (tertiary/aromatic N) is 1. The average molecular weight is 240 g/mol. The second kappa shape index (κ2) is 7.66. The fourth-order valence-corrected chi connectivity index (χ4v) is 1.39. The van der Waals surface area contributed by atoms with Crippen LogP contribution < -0.4 is 5.32 Å². The molecule has 0 unspecified atom stereocenters. The predicted molar refractivity (Wildman–Crippen MR) is 62.8 cm³/mol. The van der Waals surface area contributed by atoms with Crippen molar-refractivity contribution in [2.24, 2.45) is 11.8 Å². The third-order valence-electron chi connectivity index (χ3n) is 2.22. The number of methoxy groups -OCH3 is 1. The Morgan fingerprint density at radius 2 is 1.94 bits per heavy atom. The summed E-state index contributed by atoms with van der Waals surface area (Å²) in [6, 6.07) is 1.29. The minimum atomic E-state index is -0.735. The van der Waals surface area contributed by atoms with Crippen LogP contribution in [0.15, 0.2) is 0 Å². The van der Waals surface area contributed by atoms with E-state index in [-0.39, 0.29) is 24.2 Å². The Morgan fingerprint density at radius 1 is 1.35 bits per heavy atom. The molecule has 0 saturated carbocycles. The van der Waals surface area contributed by atoms with E-state index in [0.717, 1.165) is 0 Å². The van der Waals surface area contributed by atoms with Crippen LogP contribution in [0.4, 0.5) is 0 Å². The summed E-state index contributed by atoms with van der Waals surface area (Å²) in [6.45, 7) is 5.54. The smallest absolute Gasteiger partial charge is 0.328 e. The van der Waals surface area contributed by atoms with Crippen molar-refractivity contribution in [2.75, 3.05) is 7.11 Å². The molecule has 0 aromatic rings. The van der Waals surface area contributed by atoms with Crippen molar-refractivity contribution < 1.29 is 14.3 Å². The Balaban J connectivity index is 4.44. The SMILES string of the molecule is COC(=O)[C@H](C[C@H](C)C#N)NC(=O)CC(C)C. The first-order valence-electron chi connectivity index (χ1n) is 5.67. The molecule has 5 nitrogen and oxygen atoms in total. The number of carbonyl (C=O) groups excluding carboxylic acids is 2. The summed E-state index contributed by atoms with van der Waals surface area (Å²) in [6.07, 6.45) is 0.626. The number of hydrogen-bond donors (Lipinski definition) is 1. The van der Waals surface area contributed by atoms with E-state index in [4.69, 9.17) is 5.26 Å². The second-order valence-corrected chi connectivity index (χ2v) is 4.51. The second-order valence-electron chi connectivity index (χ2n) is 4.51. The number of carbonyl (C=O) groups is 2. The summed E-state index contributed by atoms with van der Waals surface area (Å²) in [5.74, 6) is -0.787. The van der Waals surface area contributed by atoms with E-state index < -0.39 is 12.0 Å². The predicted octanol–water partition coefficient (Wildman–Crippen LogP) is 1.24. The Labute approximate surface area is 102 Å². The number of nitriles is 1. The van der Waals surface area contributed by atoms with Gasteiger partial charge in [0.1, 0.15) is 6.04 Å². The van der Waals surface area contributed by atoms with Gasteiger partial charge in [0.05, 0.1) is 13.2 Å². The monoisotopic (exact) mass is 240 g/mol. The van der Waals surface area contributed by atoms with Crippen molar-refractivity contribution in [2.45, 2.75) is 39.7 Å². The van der Waals surface area contributed by atoms with Gasteiger partial charge in [0.25, 0.3) is 0 Å².